The number of para-hydroxylation sites is 1. The van der Waals surface area contributed by atoms with Crippen LogP contribution < -0.4 is 4.90 Å². The molecule has 3 fully saturated rings. The van der Waals surface area contributed by atoms with E-state index >= 15 is 0 Å². The zero-order valence-corrected chi connectivity index (χ0v) is 24.7. The zero-order valence-electron chi connectivity index (χ0n) is 24.0. The summed E-state index contributed by atoms with van der Waals surface area (Å²) < 4.78 is 7.32. The minimum Gasteiger partial charge on any atom is -0.461 e. The van der Waals surface area contributed by atoms with Crippen molar-refractivity contribution in [3.8, 4) is 0 Å². The van der Waals surface area contributed by atoms with Gasteiger partial charge >= 0.3 is 5.97 Å². The molecule has 0 spiro atoms. The predicted octanol–water partition coefficient (Wildman–Crippen LogP) is 5.10. The van der Waals surface area contributed by atoms with Crippen molar-refractivity contribution >= 4 is 40.7 Å². The van der Waals surface area contributed by atoms with E-state index in [1.165, 1.54) is 15.2 Å². The maximum absolute atomic E-state index is 12.9. The molecule has 1 aromatic heterocycles. The lowest BCUT2D eigenvalue weighted by Gasteiger charge is -2.56. The first-order valence-electron chi connectivity index (χ1n) is 15.0. The first-order valence-corrected chi connectivity index (χ1v) is 15.4. The topological polar surface area (TPSA) is 111 Å². The molecule has 42 heavy (non-hydrogen) atoms. The summed E-state index contributed by atoms with van der Waals surface area (Å²) in [6, 6.07) is 4.84. The Morgan fingerprint density at radius 3 is 2.71 bits per heavy atom. The lowest BCUT2D eigenvalue weighted by Crippen LogP contribution is -2.50. The van der Waals surface area contributed by atoms with Crippen LogP contribution in [0.25, 0.3) is 0 Å². The molecule has 5 aliphatic rings. The number of nitrogens with zero attached hydrogens (tertiary/aromatic N) is 4. The Hall–Kier alpha value is -3.33. The number of halogens is 1. The summed E-state index contributed by atoms with van der Waals surface area (Å²) in [7, 11) is 0. The molecule has 10 heteroatoms. The molecule has 9 nitrogen and oxygen atoms in total. The van der Waals surface area contributed by atoms with Crippen LogP contribution in [0.3, 0.4) is 0 Å². The fraction of sp³-hybridized carbons (Fsp3) is 0.562. The lowest BCUT2D eigenvalue weighted by molar-refractivity contribution is -0.152. The number of hydrogen-bond donors (Lipinski definition) is 0. The summed E-state index contributed by atoms with van der Waals surface area (Å²) in [6.07, 6.45) is 11.2. The van der Waals surface area contributed by atoms with Gasteiger partial charge in [-0.3, -0.25) is 24.1 Å². The number of carbonyl (C=O) groups excluding carboxylic acids is 4. The highest BCUT2D eigenvalue weighted by atomic mass is 35.5. The minimum atomic E-state index is -0.668. The largest absolute Gasteiger partial charge is 0.461 e. The van der Waals surface area contributed by atoms with E-state index in [-0.39, 0.29) is 41.6 Å². The molecular weight excluding hydrogens is 556 g/mol. The van der Waals surface area contributed by atoms with Crippen molar-refractivity contribution in [2.24, 2.45) is 28.6 Å². The van der Waals surface area contributed by atoms with Crippen LogP contribution in [0.4, 0.5) is 5.69 Å². The predicted molar refractivity (Wildman–Crippen MR) is 154 cm³/mol. The molecule has 2 heterocycles. The van der Waals surface area contributed by atoms with Gasteiger partial charge in [-0.1, -0.05) is 48.4 Å². The van der Waals surface area contributed by atoms with Gasteiger partial charge in [0, 0.05) is 18.3 Å². The third-order valence-corrected chi connectivity index (χ3v) is 11.5. The number of esters is 1. The van der Waals surface area contributed by atoms with Gasteiger partial charge in [-0.2, -0.15) is 0 Å². The molecule has 1 aromatic carbocycles. The summed E-state index contributed by atoms with van der Waals surface area (Å²) in [5, 5.41) is 8.46. The molecule has 4 aliphatic carbocycles. The third-order valence-electron chi connectivity index (χ3n) is 11.2. The van der Waals surface area contributed by atoms with Crippen LogP contribution in [0, 0.1) is 28.6 Å². The van der Waals surface area contributed by atoms with Gasteiger partial charge in [0.25, 0.3) is 11.7 Å². The lowest BCUT2D eigenvalue weighted by atomic mass is 9.48. The van der Waals surface area contributed by atoms with Gasteiger partial charge in [-0.05, 0) is 73.8 Å². The number of rotatable bonds is 5. The highest BCUT2D eigenvalue weighted by Crippen LogP contribution is 2.64. The number of benzene rings is 1. The number of ether oxygens (including phenoxy) is 1. The van der Waals surface area contributed by atoms with Gasteiger partial charge in [0.15, 0.2) is 0 Å². The molecule has 7 rings (SSSR count). The fourth-order valence-electron chi connectivity index (χ4n) is 8.97. The van der Waals surface area contributed by atoms with E-state index in [9.17, 15) is 19.2 Å². The SMILES string of the molecule is C[C@]12CC[C@H](OC(=O)Cn3cc(CN4C(=O)C(=O)c5cccc(Cl)c54)nn3)CC1=CC[C@@H]1[C@@H]2CC[C@]2(C)C(=O)CC[C@@H]12. The maximum Gasteiger partial charge on any atom is 0.328 e. The number of Topliss-reactive ketones (excluding diaryl/α,β-unsaturated/α-hetero) is 2. The van der Waals surface area contributed by atoms with Gasteiger partial charge < -0.3 is 4.74 Å². The smallest absolute Gasteiger partial charge is 0.328 e. The quantitative estimate of drug-likeness (QED) is 0.270. The second-order valence-corrected chi connectivity index (χ2v) is 13.7. The average Bonchev–Trinajstić information content (AvgIpc) is 3.60. The first-order chi connectivity index (χ1) is 20.1. The number of ketones is 2. The Morgan fingerprint density at radius 1 is 1.10 bits per heavy atom. The van der Waals surface area contributed by atoms with Gasteiger partial charge in [-0.25, -0.2) is 4.68 Å². The molecule has 6 atom stereocenters. The van der Waals surface area contributed by atoms with E-state index in [1.54, 1.807) is 24.4 Å². The Kier molecular flexibility index (Phi) is 6.46. The van der Waals surface area contributed by atoms with Crippen molar-refractivity contribution in [3.05, 3.63) is 52.3 Å². The third kappa shape index (κ3) is 4.18. The molecule has 220 valence electrons. The van der Waals surface area contributed by atoms with Crippen LogP contribution in [0.5, 0.6) is 0 Å². The molecule has 0 unspecified atom stereocenters. The molecule has 3 saturated carbocycles. The molecule has 0 bridgehead atoms. The summed E-state index contributed by atoms with van der Waals surface area (Å²) in [5.41, 5.74) is 2.46. The van der Waals surface area contributed by atoms with Gasteiger partial charge in [0.2, 0.25) is 0 Å². The van der Waals surface area contributed by atoms with E-state index in [0.29, 0.717) is 39.9 Å². The van der Waals surface area contributed by atoms with Crippen LogP contribution >= 0.6 is 11.6 Å². The van der Waals surface area contributed by atoms with Crippen LogP contribution in [-0.4, -0.2) is 44.5 Å². The monoisotopic (exact) mass is 590 g/mol. The summed E-state index contributed by atoms with van der Waals surface area (Å²) >= 11 is 6.28. The Labute approximate surface area is 249 Å². The maximum atomic E-state index is 12.9. The molecule has 0 N–H and O–H groups in total. The number of carbonyl (C=O) groups is 4. The highest BCUT2D eigenvalue weighted by Gasteiger charge is 2.58. The van der Waals surface area contributed by atoms with E-state index in [0.717, 1.165) is 51.4 Å². The Bertz CT molecular complexity index is 1550. The number of amides is 1. The van der Waals surface area contributed by atoms with Crippen molar-refractivity contribution in [2.45, 2.75) is 84.4 Å². The molecule has 0 saturated heterocycles. The first kappa shape index (κ1) is 27.5. The molecule has 0 radical (unpaired) electrons. The van der Waals surface area contributed by atoms with Gasteiger partial charge in [0.05, 0.1) is 29.0 Å². The summed E-state index contributed by atoms with van der Waals surface area (Å²) in [4.78, 5) is 51.8. The van der Waals surface area contributed by atoms with Crippen LogP contribution in [0.1, 0.15) is 81.3 Å². The fourth-order valence-corrected chi connectivity index (χ4v) is 9.24. The number of allylic oxidation sites excluding steroid dienone is 1. The number of aromatic nitrogens is 3. The van der Waals surface area contributed by atoms with Crippen molar-refractivity contribution in [1.82, 2.24) is 15.0 Å². The molecule has 1 amide bonds. The van der Waals surface area contributed by atoms with Crippen molar-refractivity contribution in [2.75, 3.05) is 4.90 Å². The number of fused-ring (bicyclic) bond motifs is 6. The second-order valence-electron chi connectivity index (χ2n) is 13.3. The Morgan fingerprint density at radius 2 is 1.88 bits per heavy atom. The average molecular weight is 591 g/mol. The summed E-state index contributed by atoms with van der Waals surface area (Å²) in [5.74, 6) is 0.472. The summed E-state index contributed by atoms with van der Waals surface area (Å²) in [6.45, 7) is 4.53. The molecular formula is C32H35ClN4O5. The normalized spacial score (nSPS) is 33.5. The van der Waals surface area contributed by atoms with Gasteiger partial charge in [-0.15, -0.1) is 5.10 Å². The van der Waals surface area contributed by atoms with E-state index in [2.05, 4.69) is 30.2 Å². The highest BCUT2D eigenvalue weighted by molar-refractivity contribution is 6.54. The minimum absolute atomic E-state index is 0.0159. The second kappa shape index (κ2) is 9.86. The van der Waals surface area contributed by atoms with Crippen molar-refractivity contribution in [1.29, 1.82) is 0 Å². The zero-order chi connectivity index (χ0) is 29.4. The standard InChI is InChI=1S/C32H35ClN4O5/c1-31-12-10-20(14-18(31)6-7-21-23-8-9-26(38)32(23,2)13-11-24(21)31)42-27(39)17-36-15-19(34-35-36)16-37-28-22(29(40)30(37)41)4-3-5-25(28)33/h3-6,15,20-21,23-24H,7-14,16-17H2,1-2H3/t20-,21-,23-,24-,31-,32-/m0/s1. The van der Waals surface area contributed by atoms with E-state index in [4.69, 9.17) is 16.3 Å². The van der Waals surface area contributed by atoms with E-state index < -0.39 is 11.7 Å². The van der Waals surface area contributed by atoms with Crippen molar-refractivity contribution in [3.63, 3.8) is 0 Å². The van der Waals surface area contributed by atoms with E-state index in [1.807, 2.05) is 0 Å². The Balaban J connectivity index is 0.977. The number of hydrogen-bond acceptors (Lipinski definition) is 7. The van der Waals surface area contributed by atoms with Crippen molar-refractivity contribution < 1.29 is 23.9 Å². The van der Waals surface area contributed by atoms with Gasteiger partial charge in [0.1, 0.15) is 24.1 Å². The van der Waals surface area contributed by atoms with Crippen LogP contribution in [-0.2, 0) is 32.2 Å². The van der Waals surface area contributed by atoms with Crippen LogP contribution in [0.2, 0.25) is 5.02 Å². The molecule has 1 aliphatic heterocycles. The number of anilines is 1. The molecule has 2 aromatic rings. The van der Waals surface area contributed by atoms with Crippen LogP contribution in [0.15, 0.2) is 36.0 Å².